The van der Waals surface area contributed by atoms with Crippen LogP contribution in [0.2, 0.25) is 0 Å². The van der Waals surface area contributed by atoms with Gasteiger partial charge in [-0.3, -0.25) is 4.79 Å². The van der Waals surface area contributed by atoms with E-state index in [9.17, 15) is 4.79 Å². The van der Waals surface area contributed by atoms with Gasteiger partial charge in [-0.05, 0) is 24.3 Å². The van der Waals surface area contributed by atoms with E-state index >= 15 is 0 Å². The summed E-state index contributed by atoms with van der Waals surface area (Å²) in [7, 11) is 3.18. The molecule has 0 spiro atoms. The summed E-state index contributed by atoms with van der Waals surface area (Å²) in [6.07, 6.45) is 1.63. The molecule has 0 radical (unpaired) electrons. The lowest BCUT2D eigenvalue weighted by Crippen LogP contribution is -2.17. The number of furan rings is 1. The highest BCUT2D eigenvalue weighted by atomic mass is 16.5. The van der Waals surface area contributed by atoms with E-state index < -0.39 is 5.91 Å². The van der Waals surface area contributed by atoms with Crippen LogP contribution in [0.1, 0.15) is 21.7 Å². The largest absolute Gasteiger partial charge is 0.493 e. The van der Waals surface area contributed by atoms with E-state index in [1.165, 1.54) is 0 Å². The number of hydrogen-bond acceptors (Lipinski definition) is 6. The fraction of sp³-hybridized carbons (Fsp3) is 0.143. The molecule has 0 aliphatic heterocycles. The van der Waals surface area contributed by atoms with Gasteiger partial charge in [-0.15, -0.1) is 0 Å². The number of hydrogen-bond donors (Lipinski definition) is 1. The molecule has 8 heteroatoms. The monoisotopic (exact) mass is 483 g/mol. The van der Waals surface area contributed by atoms with E-state index in [0.717, 1.165) is 10.9 Å². The number of fused-ring (bicyclic) bond motifs is 1. The summed E-state index contributed by atoms with van der Waals surface area (Å²) >= 11 is 0. The number of amides is 1. The molecule has 5 rings (SSSR count). The summed E-state index contributed by atoms with van der Waals surface area (Å²) < 4.78 is 24.5. The van der Waals surface area contributed by atoms with E-state index in [-0.39, 0.29) is 12.4 Å². The zero-order valence-corrected chi connectivity index (χ0v) is 19.9. The standard InChI is InChI=1S/C28H25N3O5/c1-33-24-14-8-9-19(26(24)34-2)17-31-25(15-16-29-31)30-28(32)27-22(18-35-20-10-4-3-5-11-20)21-12-6-7-13-23(21)36-27/h3-16H,17-18H2,1-2H3,(H,30,32). The molecule has 0 bridgehead atoms. The zero-order valence-electron chi connectivity index (χ0n) is 19.9. The first kappa shape index (κ1) is 23.0. The molecule has 0 atom stereocenters. The number of rotatable bonds is 9. The van der Waals surface area contributed by atoms with Crippen molar-refractivity contribution in [3.05, 3.63) is 102 Å². The van der Waals surface area contributed by atoms with Crippen LogP contribution in [-0.2, 0) is 13.2 Å². The second-order valence-electron chi connectivity index (χ2n) is 7.99. The molecule has 0 saturated carbocycles. The molecule has 1 N–H and O–H groups in total. The summed E-state index contributed by atoms with van der Waals surface area (Å²) in [4.78, 5) is 13.4. The van der Waals surface area contributed by atoms with Gasteiger partial charge >= 0.3 is 0 Å². The third kappa shape index (κ3) is 4.61. The van der Waals surface area contributed by atoms with Crippen LogP contribution in [0.15, 0.2) is 89.5 Å². The Bertz CT molecular complexity index is 1490. The molecular formula is C28H25N3O5. The van der Waals surface area contributed by atoms with Crippen LogP contribution in [0.25, 0.3) is 11.0 Å². The highest BCUT2D eigenvalue weighted by Crippen LogP contribution is 2.32. The highest BCUT2D eigenvalue weighted by molar-refractivity contribution is 6.06. The minimum atomic E-state index is -0.391. The first-order valence-electron chi connectivity index (χ1n) is 11.4. The quantitative estimate of drug-likeness (QED) is 0.297. The molecule has 8 nitrogen and oxygen atoms in total. The normalized spacial score (nSPS) is 10.8. The van der Waals surface area contributed by atoms with Crippen LogP contribution in [0.5, 0.6) is 17.2 Å². The number of anilines is 1. The number of carbonyl (C=O) groups is 1. The molecule has 36 heavy (non-hydrogen) atoms. The van der Waals surface area contributed by atoms with Gasteiger partial charge in [-0.1, -0.05) is 48.5 Å². The molecule has 2 heterocycles. The van der Waals surface area contributed by atoms with E-state index in [1.54, 1.807) is 31.2 Å². The number of carbonyl (C=O) groups excluding carboxylic acids is 1. The van der Waals surface area contributed by atoms with Crippen LogP contribution in [0.3, 0.4) is 0 Å². The van der Waals surface area contributed by atoms with E-state index in [2.05, 4.69) is 10.4 Å². The smallest absolute Gasteiger partial charge is 0.292 e. The van der Waals surface area contributed by atoms with Gasteiger partial charge in [0.25, 0.3) is 5.91 Å². The Morgan fingerprint density at radius 3 is 2.56 bits per heavy atom. The van der Waals surface area contributed by atoms with Crippen molar-refractivity contribution in [2.75, 3.05) is 19.5 Å². The Hall–Kier alpha value is -4.72. The van der Waals surface area contributed by atoms with Crippen molar-refractivity contribution in [2.45, 2.75) is 13.2 Å². The Labute approximate surface area is 208 Å². The van der Waals surface area contributed by atoms with Crippen LogP contribution >= 0.6 is 0 Å². The van der Waals surface area contributed by atoms with Gasteiger partial charge in [-0.25, -0.2) is 4.68 Å². The summed E-state index contributed by atoms with van der Waals surface area (Å²) in [6.45, 7) is 0.553. The van der Waals surface area contributed by atoms with Gasteiger partial charge in [0.15, 0.2) is 17.3 Å². The minimum Gasteiger partial charge on any atom is -0.493 e. The summed E-state index contributed by atoms with van der Waals surface area (Å²) in [5.74, 6) is 2.26. The van der Waals surface area contributed by atoms with E-state index in [0.29, 0.717) is 40.8 Å². The van der Waals surface area contributed by atoms with E-state index in [4.69, 9.17) is 18.6 Å². The number of aromatic nitrogens is 2. The summed E-state index contributed by atoms with van der Waals surface area (Å²) in [6, 6.07) is 24.3. The lowest BCUT2D eigenvalue weighted by molar-refractivity contribution is 0.0994. The van der Waals surface area contributed by atoms with E-state index in [1.807, 2.05) is 72.8 Å². The summed E-state index contributed by atoms with van der Waals surface area (Å²) in [5, 5.41) is 8.14. The molecule has 0 aliphatic carbocycles. The van der Waals surface area contributed by atoms with Gasteiger partial charge in [0, 0.05) is 22.6 Å². The molecule has 0 fully saturated rings. The third-order valence-electron chi connectivity index (χ3n) is 5.79. The van der Waals surface area contributed by atoms with Crippen LogP contribution in [0, 0.1) is 0 Å². The second-order valence-corrected chi connectivity index (χ2v) is 7.99. The minimum absolute atomic E-state index is 0.185. The molecule has 0 unspecified atom stereocenters. The predicted molar refractivity (Wildman–Crippen MR) is 136 cm³/mol. The van der Waals surface area contributed by atoms with Gasteiger partial charge < -0.3 is 23.9 Å². The topological polar surface area (TPSA) is 87.8 Å². The first-order chi connectivity index (χ1) is 17.7. The van der Waals surface area contributed by atoms with Crippen molar-refractivity contribution >= 4 is 22.7 Å². The molecule has 0 aliphatic rings. The number of ether oxygens (including phenoxy) is 3. The fourth-order valence-electron chi connectivity index (χ4n) is 4.08. The Morgan fingerprint density at radius 2 is 1.75 bits per heavy atom. The van der Waals surface area contributed by atoms with Crippen molar-refractivity contribution in [2.24, 2.45) is 0 Å². The Morgan fingerprint density at radius 1 is 0.944 bits per heavy atom. The van der Waals surface area contributed by atoms with Crippen LogP contribution in [-0.4, -0.2) is 29.9 Å². The lowest BCUT2D eigenvalue weighted by Gasteiger charge is -2.14. The highest BCUT2D eigenvalue weighted by Gasteiger charge is 2.22. The number of nitrogens with zero attached hydrogens (tertiary/aromatic N) is 2. The Kier molecular flexibility index (Phi) is 6.57. The van der Waals surface area contributed by atoms with Crippen molar-refractivity contribution < 1.29 is 23.4 Å². The molecule has 5 aromatic rings. The van der Waals surface area contributed by atoms with Crippen molar-refractivity contribution in [3.63, 3.8) is 0 Å². The van der Waals surface area contributed by atoms with Crippen molar-refractivity contribution in [1.82, 2.24) is 9.78 Å². The van der Waals surface area contributed by atoms with Crippen molar-refractivity contribution in [1.29, 1.82) is 0 Å². The number of methoxy groups -OCH3 is 2. The maximum Gasteiger partial charge on any atom is 0.292 e. The molecule has 0 saturated heterocycles. The van der Waals surface area contributed by atoms with Gasteiger partial charge in [0.1, 0.15) is 23.8 Å². The number of para-hydroxylation sites is 3. The molecule has 2 aromatic heterocycles. The van der Waals surface area contributed by atoms with Crippen molar-refractivity contribution in [3.8, 4) is 17.2 Å². The fourth-order valence-corrected chi connectivity index (χ4v) is 4.08. The SMILES string of the molecule is COc1cccc(Cn2nccc2NC(=O)c2oc3ccccc3c2COc2ccccc2)c1OC. The average Bonchev–Trinajstić information content (AvgIpc) is 3.51. The average molecular weight is 484 g/mol. The maximum absolute atomic E-state index is 13.4. The molecule has 3 aromatic carbocycles. The lowest BCUT2D eigenvalue weighted by atomic mass is 10.1. The van der Waals surface area contributed by atoms with Crippen LogP contribution < -0.4 is 19.5 Å². The zero-order chi connectivity index (χ0) is 24.9. The maximum atomic E-state index is 13.4. The summed E-state index contributed by atoms with van der Waals surface area (Å²) in [5.41, 5.74) is 2.15. The first-order valence-corrected chi connectivity index (χ1v) is 11.4. The molecule has 182 valence electrons. The third-order valence-corrected chi connectivity index (χ3v) is 5.79. The Balaban J connectivity index is 1.41. The second kappa shape index (κ2) is 10.3. The predicted octanol–water partition coefficient (Wildman–Crippen LogP) is 5.53. The van der Waals surface area contributed by atoms with Gasteiger partial charge in [0.05, 0.1) is 27.0 Å². The number of nitrogens with one attached hydrogen (secondary N) is 1. The van der Waals surface area contributed by atoms with Crippen LogP contribution in [0.4, 0.5) is 5.82 Å². The number of benzene rings is 3. The molecular weight excluding hydrogens is 458 g/mol. The molecule has 1 amide bonds. The van der Waals surface area contributed by atoms with Gasteiger partial charge in [-0.2, -0.15) is 5.10 Å². The van der Waals surface area contributed by atoms with Gasteiger partial charge in [0.2, 0.25) is 0 Å².